The predicted octanol–water partition coefficient (Wildman–Crippen LogP) is 1.69. The van der Waals surface area contributed by atoms with E-state index >= 15 is 0 Å². The van der Waals surface area contributed by atoms with E-state index in [9.17, 15) is 18.4 Å². The van der Waals surface area contributed by atoms with Gasteiger partial charge in [0.05, 0.1) is 13.7 Å². The van der Waals surface area contributed by atoms with Gasteiger partial charge in [-0.15, -0.1) is 0 Å². The average molecular weight is 300 g/mol. The van der Waals surface area contributed by atoms with Crippen molar-refractivity contribution in [2.24, 2.45) is 5.92 Å². The summed E-state index contributed by atoms with van der Waals surface area (Å²) >= 11 is 0. The molecule has 1 atom stereocenters. The largest absolute Gasteiger partial charge is 0.468 e. The third-order valence-electron chi connectivity index (χ3n) is 2.81. The van der Waals surface area contributed by atoms with Gasteiger partial charge < -0.3 is 10.1 Å². The zero-order chi connectivity index (χ0) is 16.0. The highest BCUT2D eigenvalue weighted by Gasteiger charge is 2.23. The Labute approximate surface area is 121 Å². The van der Waals surface area contributed by atoms with E-state index in [2.05, 4.69) is 15.4 Å². The number of methoxy groups -OCH3 is 1. The predicted molar refractivity (Wildman–Crippen MR) is 73.6 cm³/mol. The molecule has 0 spiro atoms. The topological polar surface area (TPSA) is 67.4 Å². The van der Waals surface area contributed by atoms with Gasteiger partial charge in [0, 0.05) is 11.8 Å². The lowest BCUT2D eigenvalue weighted by Gasteiger charge is -2.19. The number of ether oxygens (including phenoxy) is 1. The van der Waals surface area contributed by atoms with Crippen LogP contribution >= 0.6 is 0 Å². The van der Waals surface area contributed by atoms with E-state index in [4.69, 9.17) is 0 Å². The Kier molecular flexibility index (Phi) is 6.23. The number of rotatable bonds is 6. The molecule has 1 unspecified atom stereocenters. The highest BCUT2D eigenvalue weighted by molar-refractivity contribution is 5.92. The first kappa shape index (κ1) is 17.0. The second-order valence-electron chi connectivity index (χ2n) is 4.80. The summed E-state index contributed by atoms with van der Waals surface area (Å²) in [5.41, 5.74) is 0.139. The van der Waals surface area contributed by atoms with Gasteiger partial charge in [-0.1, -0.05) is 13.8 Å². The normalized spacial score (nSPS) is 12.1. The number of halogens is 2. The number of amides is 1. The van der Waals surface area contributed by atoms with Crippen molar-refractivity contribution in [3.8, 4) is 0 Å². The van der Waals surface area contributed by atoms with Crippen LogP contribution in [0.15, 0.2) is 18.2 Å². The number of esters is 1. The van der Waals surface area contributed by atoms with Gasteiger partial charge in [0.25, 0.3) is 0 Å². The van der Waals surface area contributed by atoms with Crippen LogP contribution in [0.1, 0.15) is 13.8 Å². The van der Waals surface area contributed by atoms with Gasteiger partial charge in [0.1, 0.15) is 6.04 Å². The number of benzene rings is 1. The first-order chi connectivity index (χ1) is 9.85. The van der Waals surface area contributed by atoms with Crippen molar-refractivity contribution in [1.82, 2.24) is 5.32 Å². The minimum Gasteiger partial charge on any atom is -0.468 e. The fourth-order valence-electron chi connectivity index (χ4n) is 1.70. The molecule has 1 aromatic carbocycles. The molecule has 0 aromatic heterocycles. The molecule has 0 heterocycles. The zero-order valence-electron chi connectivity index (χ0n) is 12.1. The number of carbonyl (C=O) groups excluding carboxylic acids is 2. The van der Waals surface area contributed by atoms with E-state index in [1.165, 1.54) is 13.2 Å². The second kappa shape index (κ2) is 7.68. The van der Waals surface area contributed by atoms with Gasteiger partial charge in [-0.25, -0.2) is 8.78 Å². The Hall–Kier alpha value is -2.02. The molecule has 0 fully saturated rings. The summed E-state index contributed by atoms with van der Waals surface area (Å²) in [7, 11) is 1.26. The molecule has 1 amide bonds. The molecule has 0 aliphatic heterocycles. The molecule has 116 valence electrons. The fourth-order valence-corrected chi connectivity index (χ4v) is 1.70. The minimum atomic E-state index is -1.05. The van der Waals surface area contributed by atoms with E-state index in [1.54, 1.807) is 0 Å². The lowest BCUT2D eigenvalue weighted by molar-refractivity contribution is -0.144. The SMILES string of the molecule is COC(=O)C(NCC(=O)Nc1ccc(F)c(F)c1)C(C)C. The van der Waals surface area contributed by atoms with E-state index in [0.29, 0.717) is 0 Å². The summed E-state index contributed by atoms with van der Waals surface area (Å²) in [6, 6.07) is 2.43. The van der Waals surface area contributed by atoms with E-state index < -0.39 is 29.6 Å². The van der Waals surface area contributed by atoms with Crippen molar-refractivity contribution in [2.45, 2.75) is 19.9 Å². The van der Waals surface area contributed by atoms with Crippen LogP contribution in [-0.4, -0.2) is 31.6 Å². The molecular formula is C14H18F2N2O3. The summed E-state index contributed by atoms with van der Waals surface area (Å²) in [6.07, 6.45) is 0. The molecular weight excluding hydrogens is 282 g/mol. The quantitative estimate of drug-likeness (QED) is 0.785. The molecule has 5 nitrogen and oxygen atoms in total. The third-order valence-corrected chi connectivity index (χ3v) is 2.81. The zero-order valence-corrected chi connectivity index (χ0v) is 12.1. The smallest absolute Gasteiger partial charge is 0.323 e. The molecule has 1 aromatic rings. The number of carbonyl (C=O) groups is 2. The lowest BCUT2D eigenvalue weighted by Crippen LogP contribution is -2.45. The van der Waals surface area contributed by atoms with Gasteiger partial charge in [-0.2, -0.15) is 0 Å². The van der Waals surface area contributed by atoms with Crippen LogP contribution in [0, 0.1) is 17.6 Å². The van der Waals surface area contributed by atoms with Crippen LogP contribution < -0.4 is 10.6 Å². The Morgan fingerprint density at radius 1 is 1.24 bits per heavy atom. The molecule has 0 aliphatic rings. The summed E-state index contributed by atoms with van der Waals surface area (Å²) in [5, 5.41) is 5.16. The van der Waals surface area contributed by atoms with Crippen LogP contribution in [0.5, 0.6) is 0 Å². The highest BCUT2D eigenvalue weighted by atomic mass is 19.2. The monoisotopic (exact) mass is 300 g/mol. The molecule has 21 heavy (non-hydrogen) atoms. The minimum absolute atomic E-state index is 0.0616. The molecule has 0 saturated carbocycles. The van der Waals surface area contributed by atoms with Crippen molar-refractivity contribution < 1.29 is 23.1 Å². The van der Waals surface area contributed by atoms with Gasteiger partial charge >= 0.3 is 5.97 Å². The van der Waals surface area contributed by atoms with Crippen molar-refractivity contribution in [1.29, 1.82) is 0 Å². The van der Waals surface area contributed by atoms with Gasteiger partial charge in [-0.3, -0.25) is 14.9 Å². The molecule has 0 radical (unpaired) electrons. The Balaban J connectivity index is 2.56. The van der Waals surface area contributed by atoms with Crippen molar-refractivity contribution in [3.63, 3.8) is 0 Å². The first-order valence-corrected chi connectivity index (χ1v) is 6.41. The maximum Gasteiger partial charge on any atom is 0.323 e. The van der Waals surface area contributed by atoms with Crippen molar-refractivity contribution >= 4 is 17.6 Å². The fraction of sp³-hybridized carbons (Fsp3) is 0.429. The van der Waals surface area contributed by atoms with E-state index in [0.717, 1.165) is 12.1 Å². The molecule has 0 bridgehead atoms. The average Bonchev–Trinajstić information content (AvgIpc) is 2.42. The lowest BCUT2D eigenvalue weighted by atomic mass is 10.0. The Bertz CT molecular complexity index is 521. The highest BCUT2D eigenvalue weighted by Crippen LogP contribution is 2.12. The van der Waals surface area contributed by atoms with Crippen LogP contribution in [0.25, 0.3) is 0 Å². The number of nitrogens with one attached hydrogen (secondary N) is 2. The maximum atomic E-state index is 13.0. The summed E-state index contributed by atoms with van der Waals surface area (Å²) < 4.78 is 30.4. The van der Waals surface area contributed by atoms with Gasteiger partial charge in [0.2, 0.25) is 5.91 Å². The molecule has 1 rings (SSSR count). The van der Waals surface area contributed by atoms with Crippen molar-refractivity contribution in [3.05, 3.63) is 29.8 Å². The summed E-state index contributed by atoms with van der Waals surface area (Å²) in [6.45, 7) is 3.46. The van der Waals surface area contributed by atoms with Gasteiger partial charge in [-0.05, 0) is 18.1 Å². The second-order valence-corrected chi connectivity index (χ2v) is 4.80. The Morgan fingerprint density at radius 2 is 1.90 bits per heavy atom. The summed E-state index contributed by atoms with van der Waals surface area (Å²) in [4.78, 5) is 23.2. The van der Waals surface area contributed by atoms with Crippen LogP contribution in [0.4, 0.5) is 14.5 Å². The van der Waals surface area contributed by atoms with Crippen LogP contribution in [0.2, 0.25) is 0 Å². The third kappa shape index (κ3) is 5.11. The Morgan fingerprint density at radius 3 is 2.43 bits per heavy atom. The number of hydrogen-bond acceptors (Lipinski definition) is 4. The molecule has 0 saturated heterocycles. The maximum absolute atomic E-state index is 13.0. The molecule has 2 N–H and O–H groups in total. The number of hydrogen-bond donors (Lipinski definition) is 2. The molecule has 7 heteroatoms. The van der Waals surface area contributed by atoms with Crippen molar-refractivity contribution in [2.75, 3.05) is 19.0 Å². The van der Waals surface area contributed by atoms with E-state index in [1.807, 2.05) is 13.8 Å². The number of anilines is 1. The van der Waals surface area contributed by atoms with Crippen LogP contribution in [-0.2, 0) is 14.3 Å². The first-order valence-electron chi connectivity index (χ1n) is 6.41. The summed E-state index contributed by atoms with van der Waals surface area (Å²) in [5.74, 6) is -3.04. The molecule has 0 aliphatic carbocycles. The van der Waals surface area contributed by atoms with Gasteiger partial charge in [0.15, 0.2) is 11.6 Å². The standard InChI is InChI=1S/C14H18F2N2O3/c1-8(2)13(14(20)21-3)17-7-12(19)18-9-4-5-10(15)11(16)6-9/h4-6,8,13,17H,7H2,1-3H3,(H,18,19). The van der Waals surface area contributed by atoms with Crippen LogP contribution in [0.3, 0.4) is 0 Å². The van der Waals surface area contributed by atoms with E-state index in [-0.39, 0.29) is 18.2 Å².